The van der Waals surface area contributed by atoms with E-state index in [0.717, 1.165) is 5.69 Å². The van der Waals surface area contributed by atoms with E-state index >= 15 is 0 Å². The Morgan fingerprint density at radius 2 is 1.80 bits per heavy atom. The number of carbonyl (C=O) groups excluding carboxylic acids is 1. The van der Waals surface area contributed by atoms with Crippen molar-refractivity contribution in [2.45, 2.75) is 6.92 Å². The predicted octanol–water partition coefficient (Wildman–Crippen LogP) is 2.68. The van der Waals surface area contributed by atoms with Crippen LogP contribution >= 0.6 is 0 Å². The Bertz CT molecular complexity index is 817. The molecule has 3 rings (SSSR count). The Labute approximate surface area is 145 Å². The van der Waals surface area contributed by atoms with Crippen LogP contribution in [0.5, 0.6) is 11.5 Å². The van der Waals surface area contributed by atoms with Crippen LogP contribution in [0, 0.1) is 0 Å². The van der Waals surface area contributed by atoms with E-state index in [1.807, 2.05) is 31.2 Å². The van der Waals surface area contributed by atoms with E-state index in [0.29, 0.717) is 23.8 Å². The lowest BCUT2D eigenvalue weighted by Crippen LogP contribution is -2.20. The number of nitrogens with one attached hydrogen (secondary N) is 1. The van der Waals surface area contributed by atoms with Crippen molar-refractivity contribution in [3.8, 4) is 17.2 Å². The number of ether oxygens (including phenoxy) is 2. The lowest BCUT2D eigenvalue weighted by atomic mass is 10.3. The van der Waals surface area contributed by atoms with E-state index in [4.69, 9.17) is 9.47 Å². The summed E-state index contributed by atoms with van der Waals surface area (Å²) in [5.74, 6) is 0.913. The van der Waals surface area contributed by atoms with Gasteiger partial charge in [-0.05, 0) is 43.3 Å². The third-order valence-electron chi connectivity index (χ3n) is 3.34. The zero-order chi connectivity index (χ0) is 17.5. The van der Waals surface area contributed by atoms with Gasteiger partial charge in [-0.3, -0.25) is 4.79 Å². The summed E-state index contributed by atoms with van der Waals surface area (Å²) in [6, 6.07) is 14.5. The van der Waals surface area contributed by atoms with Gasteiger partial charge in [0.15, 0.2) is 18.1 Å². The summed E-state index contributed by atoms with van der Waals surface area (Å²) in [5.41, 5.74) is 1.54. The van der Waals surface area contributed by atoms with Crippen molar-refractivity contribution in [3.63, 3.8) is 0 Å². The summed E-state index contributed by atoms with van der Waals surface area (Å²) in [7, 11) is 0. The number of amides is 1. The van der Waals surface area contributed by atoms with Gasteiger partial charge in [-0.15, -0.1) is 0 Å². The number of aromatic nitrogens is 3. The largest absolute Gasteiger partial charge is 0.490 e. The second kappa shape index (κ2) is 7.96. The van der Waals surface area contributed by atoms with Gasteiger partial charge in [-0.1, -0.05) is 12.1 Å². The quantitative estimate of drug-likeness (QED) is 0.716. The zero-order valence-corrected chi connectivity index (χ0v) is 13.8. The second-order valence-electron chi connectivity index (χ2n) is 5.10. The third kappa shape index (κ3) is 4.35. The fourth-order valence-corrected chi connectivity index (χ4v) is 2.22. The lowest BCUT2D eigenvalue weighted by Gasteiger charge is -2.11. The Morgan fingerprint density at radius 3 is 2.44 bits per heavy atom. The average Bonchev–Trinajstić information content (AvgIpc) is 3.17. The molecule has 2 aromatic carbocycles. The fourth-order valence-electron chi connectivity index (χ4n) is 2.22. The summed E-state index contributed by atoms with van der Waals surface area (Å²) < 4.78 is 12.7. The Morgan fingerprint density at radius 1 is 1.08 bits per heavy atom. The minimum atomic E-state index is -0.250. The number of para-hydroxylation sites is 2. The molecule has 1 heterocycles. The summed E-state index contributed by atoms with van der Waals surface area (Å²) in [6.07, 6.45) is 3.07. The molecule has 0 atom stereocenters. The van der Waals surface area contributed by atoms with Crippen LogP contribution in [0.1, 0.15) is 6.92 Å². The van der Waals surface area contributed by atoms with Gasteiger partial charge in [0.1, 0.15) is 12.7 Å². The number of anilines is 1. The van der Waals surface area contributed by atoms with Crippen LogP contribution < -0.4 is 14.8 Å². The van der Waals surface area contributed by atoms with Crippen LogP contribution in [-0.2, 0) is 4.79 Å². The molecule has 1 N–H and O–H groups in total. The molecule has 0 saturated heterocycles. The first-order valence-corrected chi connectivity index (χ1v) is 7.86. The molecule has 0 aliphatic heterocycles. The standard InChI is InChI=1S/C18H18N4O3/c1-2-24-16-5-3-4-6-17(16)25-11-18(23)21-14-7-9-15(10-8-14)22-13-19-12-20-22/h3-10,12-13H,2,11H2,1H3,(H,21,23). The molecule has 3 aromatic rings. The SMILES string of the molecule is CCOc1ccccc1OCC(=O)Nc1ccc(-n2cncn2)cc1. The molecule has 7 nitrogen and oxygen atoms in total. The topological polar surface area (TPSA) is 78.3 Å². The maximum absolute atomic E-state index is 12.1. The highest BCUT2D eigenvalue weighted by Gasteiger charge is 2.08. The molecule has 0 radical (unpaired) electrons. The van der Waals surface area contributed by atoms with Crippen molar-refractivity contribution in [3.05, 3.63) is 61.2 Å². The molecular formula is C18H18N4O3. The van der Waals surface area contributed by atoms with Gasteiger partial charge < -0.3 is 14.8 Å². The van der Waals surface area contributed by atoms with E-state index in [9.17, 15) is 4.79 Å². The number of hydrogen-bond donors (Lipinski definition) is 1. The fraction of sp³-hybridized carbons (Fsp3) is 0.167. The molecule has 7 heteroatoms. The number of carbonyl (C=O) groups is 1. The molecule has 25 heavy (non-hydrogen) atoms. The molecule has 0 spiro atoms. The minimum absolute atomic E-state index is 0.102. The average molecular weight is 338 g/mol. The van der Waals surface area contributed by atoms with Gasteiger partial charge in [0, 0.05) is 5.69 Å². The van der Waals surface area contributed by atoms with E-state index in [-0.39, 0.29) is 12.5 Å². The highest BCUT2D eigenvalue weighted by molar-refractivity contribution is 5.92. The first kappa shape index (κ1) is 16.5. The van der Waals surface area contributed by atoms with Crippen molar-refractivity contribution < 1.29 is 14.3 Å². The van der Waals surface area contributed by atoms with Crippen LogP contribution in [0.4, 0.5) is 5.69 Å². The van der Waals surface area contributed by atoms with E-state index < -0.39 is 0 Å². The molecule has 0 saturated carbocycles. The summed E-state index contributed by atoms with van der Waals surface area (Å²) in [6.45, 7) is 2.33. The molecule has 1 aromatic heterocycles. The minimum Gasteiger partial charge on any atom is -0.490 e. The van der Waals surface area contributed by atoms with E-state index in [2.05, 4.69) is 15.4 Å². The van der Waals surface area contributed by atoms with Gasteiger partial charge in [-0.2, -0.15) is 5.10 Å². The van der Waals surface area contributed by atoms with Gasteiger partial charge in [0.05, 0.1) is 12.3 Å². The highest BCUT2D eigenvalue weighted by atomic mass is 16.5. The predicted molar refractivity (Wildman–Crippen MR) is 93.1 cm³/mol. The van der Waals surface area contributed by atoms with E-state index in [1.165, 1.54) is 6.33 Å². The first-order chi connectivity index (χ1) is 12.3. The molecule has 0 bridgehead atoms. The molecule has 0 aliphatic carbocycles. The molecule has 1 amide bonds. The van der Waals surface area contributed by atoms with Crippen molar-refractivity contribution in [1.29, 1.82) is 0 Å². The van der Waals surface area contributed by atoms with E-state index in [1.54, 1.807) is 35.3 Å². The number of rotatable bonds is 7. The Balaban J connectivity index is 1.56. The molecule has 0 aliphatic rings. The Kier molecular flexibility index (Phi) is 5.26. The third-order valence-corrected chi connectivity index (χ3v) is 3.34. The van der Waals surface area contributed by atoms with Gasteiger partial charge in [-0.25, -0.2) is 9.67 Å². The summed E-state index contributed by atoms with van der Waals surface area (Å²) >= 11 is 0. The van der Waals surface area contributed by atoms with Crippen LogP contribution in [0.2, 0.25) is 0 Å². The van der Waals surface area contributed by atoms with Gasteiger partial charge in [0.2, 0.25) is 0 Å². The van der Waals surface area contributed by atoms with Crippen molar-refractivity contribution in [1.82, 2.24) is 14.8 Å². The van der Waals surface area contributed by atoms with Crippen LogP contribution in [-0.4, -0.2) is 33.9 Å². The number of hydrogen-bond acceptors (Lipinski definition) is 5. The lowest BCUT2D eigenvalue weighted by molar-refractivity contribution is -0.118. The van der Waals surface area contributed by atoms with Crippen LogP contribution in [0.15, 0.2) is 61.2 Å². The van der Waals surface area contributed by atoms with Gasteiger partial charge in [0.25, 0.3) is 5.91 Å². The normalized spacial score (nSPS) is 10.3. The smallest absolute Gasteiger partial charge is 0.262 e. The first-order valence-electron chi connectivity index (χ1n) is 7.86. The van der Waals surface area contributed by atoms with Gasteiger partial charge >= 0.3 is 0 Å². The molecule has 0 unspecified atom stereocenters. The maximum Gasteiger partial charge on any atom is 0.262 e. The second-order valence-corrected chi connectivity index (χ2v) is 5.10. The number of nitrogens with zero attached hydrogens (tertiary/aromatic N) is 3. The number of benzene rings is 2. The maximum atomic E-state index is 12.1. The van der Waals surface area contributed by atoms with Crippen LogP contribution in [0.3, 0.4) is 0 Å². The van der Waals surface area contributed by atoms with Crippen LogP contribution in [0.25, 0.3) is 5.69 Å². The Hall–Kier alpha value is -3.35. The molecular weight excluding hydrogens is 320 g/mol. The molecule has 0 fully saturated rings. The van der Waals surface area contributed by atoms with Crippen molar-refractivity contribution >= 4 is 11.6 Å². The summed E-state index contributed by atoms with van der Waals surface area (Å²) in [5, 5.41) is 6.84. The van der Waals surface area contributed by atoms with Crippen molar-refractivity contribution in [2.75, 3.05) is 18.5 Å². The molecule has 128 valence electrons. The monoisotopic (exact) mass is 338 g/mol. The van der Waals surface area contributed by atoms with Crippen molar-refractivity contribution in [2.24, 2.45) is 0 Å². The zero-order valence-electron chi connectivity index (χ0n) is 13.8. The highest BCUT2D eigenvalue weighted by Crippen LogP contribution is 2.26. The summed E-state index contributed by atoms with van der Waals surface area (Å²) in [4.78, 5) is 16.0.